The van der Waals surface area contributed by atoms with Gasteiger partial charge in [0.25, 0.3) is 17.5 Å². The van der Waals surface area contributed by atoms with E-state index in [0.717, 1.165) is 4.90 Å². The number of benzene rings is 2. The van der Waals surface area contributed by atoms with Crippen LogP contribution in [0.25, 0.3) is 0 Å². The molecule has 0 saturated carbocycles. The number of carbonyl (C=O) groups excluding carboxylic acids is 2. The summed E-state index contributed by atoms with van der Waals surface area (Å²) in [7, 11) is 0. The fourth-order valence-corrected chi connectivity index (χ4v) is 3.61. The van der Waals surface area contributed by atoms with Gasteiger partial charge in [0.2, 0.25) is 0 Å². The van der Waals surface area contributed by atoms with Crippen LogP contribution in [0.3, 0.4) is 0 Å². The molecular formula is C19H16N4O6. The first-order valence-electron chi connectivity index (χ1n) is 8.87. The Morgan fingerprint density at radius 3 is 2.07 bits per heavy atom. The normalized spacial score (nSPS) is 16.2. The average Bonchev–Trinajstić information content (AvgIpc) is 2.98. The molecule has 0 atom stereocenters. The number of fused-ring (bicyclic) bond motifs is 1. The van der Waals surface area contributed by atoms with E-state index in [-0.39, 0.29) is 35.6 Å². The molecule has 0 spiro atoms. The molecule has 10 heteroatoms. The number of piperazine rings is 1. The minimum absolute atomic E-state index is 0.0888. The first kappa shape index (κ1) is 18.4. The van der Waals surface area contributed by atoms with E-state index in [4.69, 9.17) is 5.11 Å². The number of amides is 3. The summed E-state index contributed by atoms with van der Waals surface area (Å²) < 4.78 is 0. The van der Waals surface area contributed by atoms with Gasteiger partial charge in [-0.1, -0.05) is 12.1 Å². The number of hydrogen-bond acceptors (Lipinski definition) is 6. The number of nitro benzene ring substituents is 1. The summed E-state index contributed by atoms with van der Waals surface area (Å²) in [5.41, 5.74) is 0.496. The van der Waals surface area contributed by atoms with Crippen molar-refractivity contribution in [2.24, 2.45) is 0 Å². The van der Waals surface area contributed by atoms with Crippen molar-refractivity contribution < 1.29 is 24.4 Å². The highest BCUT2D eigenvalue weighted by molar-refractivity contribution is 6.35. The lowest BCUT2D eigenvalue weighted by molar-refractivity contribution is -0.384. The monoisotopic (exact) mass is 396 g/mol. The van der Waals surface area contributed by atoms with Gasteiger partial charge >= 0.3 is 6.09 Å². The van der Waals surface area contributed by atoms with Gasteiger partial charge in [-0.2, -0.15) is 0 Å². The Morgan fingerprint density at radius 2 is 1.55 bits per heavy atom. The lowest BCUT2D eigenvalue weighted by atomic mass is 10.1. The van der Waals surface area contributed by atoms with Crippen LogP contribution in [-0.2, 0) is 0 Å². The van der Waals surface area contributed by atoms with Gasteiger partial charge in [-0.25, -0.2) is 9.69 Å². The van der Waals surface area contributed by atoms with Gasteiger partial charge in [0, 0.05) is 37.9 Å². The van der Waals surface area contributed by atoms with E-state index in [9.17, 15) is 24.5 Å². The van der Waals surface area contributed by atoms with Crippen LogP contribution in [0.2, 0.25) is 0 Å². The third-order valence-corrected chi connectivity index (χ3v) is 5.11. The summed E-state index contributed by atoms with van der Waals surface area (Å²) >= 11 is 0. The lowest BCUT2D eigenvalue weighted by Crippen LogP contribution is -2.48. The average molecular weight is 396 g/mol. The smallest absolute Gasteiger partial charge is 0.407 e. The van der Waals surface area contributed by atoms with Gasteiger partial charge in [0.15, 0.2) is 0 Å². The van der Waals surface area contributed by atoms with Crippen molar-refractivity contribution in [3.63, 3.8) is 0 Å². The van der Waals surface area contributed by atoms with Gasteiger partial charge in [0.1, 0.15) is 5.69 Å². The van der Waals surface area contributed by atoms with Crippen LogP contribution in [0.5, 0.6) is 0 Å². The summed E-state index contributed by atoms with van der Waals surface area (Å²) in [5.74, 6) is -1.20. The predicted molar refractivity (Wildman–Crippen MR) is 102 cm³/mol. The molecule has 0 radical (unpaired) electrons. The lowest BCUT2D eigenvalue weighted by Gasteiger charge is -2.34. The molecule has 29 heavy (non-hydrogen) atoms. The molecule has 1 fully saturated rings. The van der Waals surface area contributed by atoms with E-state index in [1.165, 1.54) is 29.2 Å². The Morgan fingerprint density at radius 1 is 0.966 bits per heavy atom. The van der Waals surface area contributed by atoms with Crippen LogP contribution < -0.4 is 9.80 Å². The standard InChI is InChI=1S/C19H16N4O6/c24-17-13-3-1-2-4-14(13)18(25)22(17)15-6-5-12(11-16(15)23(28)29)20-7-9-21(10-8-20)19(26)27/h1-6,11H,7-10H2,(H,26,27). The Labute approximate surface area is 164 Å². The topological polar surface area (TPSA) is 124 Å². The van der Waals surface area contributed by atoms with Gasteiger partial charge in [0.05, 0.1) is 16.1 Å². The summed E-state index contributed by atoms with van der Waals surface area (Å²) in [4.78, 5) is 51.4. The van der Waals surface area contributed by atoms with Crippen molar-refractivity contribution in [2.45, 2.75) is 0 Å². The second-order valence-electron chi connectivity index (χ2n) is 6.68. The van der Waals surface area contributed by atoms with E-state index in [1.807, 2.05) is 4.90 Å². The van der Waals surface area contributed by atoms with Crippen LogP contribution in [-0.4, -0.2) is 59.0 Å². The zero-order valence-electron chi connectivity index (χ0n) is 15.1. The van der Waals surface area contributed by atoms with Crippen LogP contribution in [0.4, 0.5) is 21.9 Å². The van der Waals surface area contributed by atoms with Crippen molar-refractivity contribution in [3.8, 4) is 0 Å². The number of carbonyl (C=O) groups is 3. The molecule has 148 valence electrons. The maximum absolute atomic E-state index is 12.7. The SMILES string of the molecule is O=C(O)N1CCN(c2ccc(N3C(=O)c4ccccc4C3=O)c([N+](=O)[O-])c2)CC1. The molecule has 0 unspecified atom stereocenters. The number of rotatable bonds is 3. The van der Waals surface area contributed by atoms with Crippen molar-refractivity contribution in [2.75, 3.05) is 36.0 Å². The quantitative estimate of drug-likeness (QED) is 0.479. The molecular weight excluding hydrogens is 380 g/mol. The number of nitro groups is 1. The third kappa shape index (κ3) is 3.04. The van der Waals surface area contributed by atoms with E-state index >= 15 is 0 Å². The Kier molecular flexibility index (Phi) is 4.38. The number of hydrogen-bond donors (Lipinski definition) is 1. The van der Waals surface area contributed by atoms with Crippen molar-refractivity contribution in [1.82, 2.24) is 4.90 Å². The highest BCUT2D eigenvalue weighted by atomic mass is 16.6. The molecule has 1 N–H and O–H groups in total. The van der Waals surface area contributed by atoms with Crippen molar-refractivity contribution >= 4 is 35.0 Å². The highest BCUT2D eigenvalue weighted by Gasteiger charge is 2.39. The van der Waals surface area contributed by atoms with E-state index in [2.05, 4.69) is 0 Å². The van der Waals surface area contributed by atoms with Gasteiger partial charge < -0.3 is 14.9 Å². The zero-order valence-corrected chi connectivity index (χ0v) is 15.1. The Bertz CT molecular complexity index is 1010. The maximum atomic E-state index is 12.7. The second kappa shape index (κ2) is 6.89. The number of imide groups is 1. The van der Waals surface area contributed by atoms with E-state index in [0.29, 0.717) is 18.8 Å². The molecule has 2 aromatic carbocycles. The molecule has 2 heterocycles. The Balaban J connectivity index is 1.67. The van der Waals surface area contributed by atoms with Crippen LogP contribution >= 0.6 is 0 Å². The summed E-state index contributed by atoms with van der Waals surface area (Å²) in [6, 6.07) is 10.6. The minimum Gasteiger partial charge on any atom is -0.465 e. The molecule has 2 aliphatic heterocycles. The third-order valence-electron chi connectivity index (χ3n) is 5.11. The summed E-state index contributed by atoms with van der Waals surface area (Å²) in [6.45, 7) is 1.33. The van der Waals surface area contributed by atoms with Gasteiger partial charge in [-0.15, -0.1) is 0 Å². The van der Waals surface area contributed by atoms with Gasteiger partial charge in [-0.05, 0) is 24.3 Å². The predicted octanol–water partition coefficient (Wildman–Crippen LogP) is 2.20. The molecule has 4 rings (SSSR count). The Hall–Kier alpha value is -3.95. The summed E-state index contributed by atoms with van der Waals surface area (Å²) in [5, 5.41) is 20.7. The molecule has 1 saturated heterocycles. The number of carboxylic acid groups (broad SMARTS) is 1. The minimum atomic E-state index is -1.00. The van der Waals surface area contributed by atoms with Gasteiger partial charge in [-0.3, -0.25) is 19.7 Å². The summed E-state index contributed by atoms with van der Waals surface area (Å²) in [6.07, 6.45) is -1.00. The fraction of sp³-hybridized carbons (Fsp3) is 0.211. The number of anilines is 2. The molecule has 0 aromatic heterocycles. The first-order valence-corrected chi connectivity index (χ1v) is 8.87. The fourth-order valence-electron chi connectivity index (χ4n) is 3.61. The second-order valence-corrected chi connectivity index (χ2v) is 6.68. The number of nitrogens with zero attached hydrogens (tertiary/aromatic N) is 4. The van der Waals surface area contributed by atoms with Crippen molar-refractivity contribution in [1.29, 1.82) is 0 Å². The zero-order chi connectivity index (χ0) is 20.7. The highest BCUT2D eigenvalue weighted by Crippen LogP contribution is 2.37. The van der Waals surface area contributed by atoms with E-state index in [1.54, 1.807) is 18.2 Å². The van der Waals surface area contributed by atoms with E-state index < -0.39 is 22.8 Å². The maximum Gasteiger partial charge on any atom is 0.407 e. The first-order chi connectivity index (χ1) is 13.9. The van der Waals surface area contributed by atoms with Crippen LogP contribution in [0, 0.1) is 10.1 Å². The molecule has 10 nitrogen and oxygen atoms in total. The van der Waals surface area contributed by atoms with Crippen molar-refractivity contribution in [3.05, 3.63) is 63.7 Å². The largest absolute Gasteiger partial charge is 0.465 e. The van der Waals surface area contributed by atoms with Crippen LogP contribution in [0.15, 0.2) is 42.5 Å². The molecule has 0 aliphatic carbocycles. The molecule has 0 bridgehead atoms. The molecule has 3 amide bonds. The molecule has 2 aliphatic rings. The van der Waals surface area contributed by atoms with Crippen LogP contribution in [0.1, 0.15) is 20.7 Å². The molecule has 2 aromatic rings.